The predicted molar refractivity (Wildman–Crippen MR) is 93.5 cm³/mol. The molecule has 1 aliphatic heterocycles. The summed E-state index contributed by atoms with van der Waals surface area (Å²) in [5.74, 6) is -0.163. The zero-order valence-corrected chi connectivity index (χ0v) is 15.1. The maximum Gasteiger partial charge on any atom is 0.261 e. The first-order valence-corrected chi connectivity index (χ1v) is 10.1. The average molecular weight is 414 g/mol. The van der Waals surface area contributed by atoms with Gasteiger partial charge in [0, 0.05) is 23.5 Å². The van der Waals surface area contributed by atoms with Crippen LogP contribution in [-0.2, 0) is 21.2 Å². The van der Waals surface area contributed by atoms with Crippen LogP contribution in [0.4, 0.5) is 0 Å². The van der Waals surface area contributed by atoms with Gasteiger partial charge >= 0.3 is 0 Å². The van der Waals surface area contributed by atoms with Crippen LogP contribution < -0.4 is 10.9 Å². The predicted octanol–water partition coefficient (Wildman–Crippen LogP) is 0.852. The van der Waals surface area contributed by atoms with E-state index in [0.29, 0.717) is 17.3 Å². The molecule has 2 aromatic rings. The molecule has 0 aliphatic carbocycles. The van der Waals surface area contributed by atoms with E-state index in [2.05, 4.69) is 26.2 Å². The number of fused-ring (bicyclic) bond motifs is 1. The molecule has 1 atom stereocenters. The zero-order chi connectivity index (χ0) is 17.3. The Kier molecular flexibility index (Phi) is 4.73. The second-order valence-electron chi connectivity index (χ2n) is 5.82. The van der Waals surface area contributed by atoms with Gasteiger partial charge < -0.3 is 5.32 Å². The van der Waals surface area contributed by atoms with Crippen LogP contribution in [0.2, 0.25) is 0 Å². The Morgan fingerprint density at radius 3 is 2.92 bits per heavy atom. The van der Waals surface area contributed by atoms with E-state index in [9.17, 15) is 18.0 Å². The summed E-state index contributed by atoms with van der Waals surface area (Å²) in [4.78, 5) is 28.6. The average Bonchev–Trinajstić information content (AvgIpc) is 2.86. The number of hydrogen-bond acceptors (Lipinski definition) is 5. The van der Waals surface area contributed by atoms with Crippen molar-refractivity contribution >= 4 is 42.6 Å². The lowest BCUT2D eigenvalue weighted by Gasteiger charge is -2.11. The minimum Gasteiger partial charge on any atom is -0.352 e. The number of amides is 1. The summed E-state index contributed by atoms with van der Waals surface area (Å²) in [6.07, 6.45) is 1.96. The van der Waals surface area contributed by atoms with Gasteiger partial charge in [-0.15, -0.1) is 0 Å². The molecule has 0 bridgehead atoms. The quantitative estimate of drug-likeness (QED) is 0.800. The van der Waals surface area contributed by atoms with Crippen molar-refractivity contribution in [3.8, 4) is 0 Å². The van der Waals surface area contributed by atoms with Crippen molar-refractivity contribution in [2.75, 3.05) is 11.5 Å². The van der Waals surface area contributed by atoms with E-state index in [4.69, 9.17) is 0 Å². The van der Waals surface area contributed by atoms with Crippen LogP contribution in [0.25, 0.3) is 10.9 Å². The van der Waals surface area contributed by atoms with Gasteiger partial charge in [-0.25, -0.2) is 13.4 Å². The minimum atomic E-state index is -3.03. The number of nitrogens with one attached hydrogen (secondary N) is 1. The second-order valence-corrected chi connectivity index (χ2v) is 8.97. The molecule has 2 heterocycles. The van der Waals surface area contributed by atoms with Crippen LogP contribution >= 0.6 is 15.9 Å². The maximum absolute atomic E-state index is 12.4. The lowest BCUT2D eigenvalue weighted by molar-refractivity contribution is -0.121. The molecule has 1 aromatic heterocycles. The number of aryl methyl sites for hydroxylation is 1. The van der Waals surface area contributed by atoms with Gasteiger partial charge in [0.25, 0.3) is 5.56 Å². The molecule has 9 heteroatoms. The van der Waals surface area contributed by atoms with Gasteiger partial charge in [0.15, 0.2) is 9.84 Å². The van der Waals surface area contributed by atoms with Crippen LogP contribution in [0, 0.1) is 0 Å². The summed E-state index contributed by atoms with van der Waals surface area (Å²) < 4.78 is 25.0. The number of hydrogen-bond donors (Lipinski definition) is 1. The fourth-order valence-electron chi connectivity index (χ4n) is 2.72. The summed E-state index contributed by atoms with van der Waals surface area (Å²) >= 11 is 3.32. The van der Waals surface area contributed by atoms with Crippen LogP contribution in [0.1, 0.15) is 12.8 Å². The van der Waals surface area contributed by atoms with Gasteiger partial charge in [-0.05, 0) is 24.6 Å². The van der Waals surface area contributed by atoms with Crippen molar-refractivity contribution in [1.29, 1.82) is 0 Å². The molecule has 0 saturated carbocycles. The smallest absolute Gasteiger partial charge is 0.261 e. The summed E-state index contributed by atoms with van der Waals surface area (Å²) in [6.45, 7) is 0.194. The fourth-order valence-corrected chi connectivity index (χ4v) is 4.76. The first-order chi connectivity index (χ1) is 11.3. The van der Waals surface area contributed by atoms with E-state index in [1.54, 1.807) is 12.1 Å². The minimum absolute atomic E-state index is 0.00968. The summed E-state index contributed by atoms with van der Waals surface area (Å²) in [5, 5.41) is 3.19. The molecule has 3 rings (SSSR count). The van der Waals surface area contributed by atoms with Crippen molar-refractivity contribution in [3.05, 3.63) is 39.4 Å². The third-order valence-corrected chi connectivity index (χ3v) is 6.22. The number of benzene rings is 1. The topological polar surface area (TPSA) is 98.1 Å². The van der Waals surface area contributed by atoms with Gasteiger partial charge in [-0.1, -0.05) is 15.9 Å². The van der Waals surface area contributed by atoms with Crippen molar-refractivity contribution in [1.82, 2.24) is 14.9 Å². The zero-order valence-electron chi connectivity index (χ0n) is 12.7. The highest BCUT2D eigenvalue weighted by Gasteiger charge is 2.28. The molecule has 1 aromatic carbocycles. The lowest BCUT2D eigenvalue weighted by Crippen LogP contribution is -2.36. The Balaban J connectivity index is 1.66. The van der Waals surface area contributed by atoms with E-state index in [0.717, 1.165) is 4.47 Å². The molecule has 1 fully saturated rings. The SMILES string of the molecule is O=C(CCn1cnc2ccc(Br)cc2c1=O)NC1CCS(=O)(=O)C1. The van der Waals surface area contributed by atoms with E-state index < -0.39 is 9.84 Å². The summed E-state index contributed by atoms with van der Waals surface area (Å²) in [6, 6.07) is 4.93. The van der Waals surface area contributed by atoms with Gasteiger partial charge in [0.1, 0.15) is 0 Å². The number of rotatable bonds is 4. The number of aromatic nitrogens is 2. The van der Waals surface area contributed by atoms with Gasteiger partial charge in [0.2, 0.25) is 5.91 Å². The normalized spacial score (nSPS) is 19.5. The van der Waals surface area contributed by atoms with Gasteiger partial charge in [-0.2, -0.15) is 0 Å². The molecule has 1 saturated heterocycles. The van der Waals surface area contributed by atoms with E-state index >= 15 is 0 Å². The highest BCUT2D eigenvalue weighted by Crippen LogP contribution is 2.15. The standard InChI is InChI=1S/C15H16BrN3O4S/c16-10-1-2-13-12(7-10)15(21)19(9-17-13)5-3-14(20)18-11-4-6-24(22,23)8-11/h1-2,7,9,11H,3-6,8H2,(H,18,20). The molecule has 1 aliphatic rings. The Labute approximate surface area is 147 Å². The molecule has 24 heavy (non-hydrogen) atoms. The second kappa shape index (κ2) is 6.64. The third kappa shape index (κ3) is 3.84. The van der Waals surface area contributed by atoms with E-state index in [1.807, 2.05) is 6.07 Å². The molecule has 0 spiro atoms. The molecule has 1 unspecified atom stereocenters. The first kappa shape index (κ1) is 17.1. The van der Waals surface area contributed by atoms with Crippen LogP contribution in [0.3, 0.4) is 0 Å². The molecule has 7 nitrogen and oxygen atoms in total. The van der Waals surface area contributed by atoms with E-state index in [-0.39, 0.29) is 42.0 Å². The van der Waals surface area contributed by atoms with Gasteiger partial charge in [0.05, 0.1) is 28.7 Å². The lowest BCUT2D eigenvalue weighted by atomic mass is 10.2. The van der Waals surface area contributed by atoms with E-state index in [1.165, 1.54) is 10.9 Å². The highest BCUT2D eigenvalue weighted by atomic mass is 79.9. The summed E-state index contributed by atoms with van der Waals surface area (Å²) in [7, 11) is -3.03. The molecular weight excluding hydrogens is 398 g/mol. The maximum atomic E-state index is 12.4. The Morgan fingerprint density at radius 1 is 1.42 bits per heavy atom. The largest absolute Gasteiger partial charge is 0.352 e. The van der Waals surface area contributed by atoms with Crippen LogP contribution in [-0.4, -0.2) is 41.4 Å². The highest BCUT2D eigenvalue weighted by molar-refractivity contribution is 9.10. The first-order valence-electron chi connectivity index (χ1n) is 7.48. The molecule has 0 radical (unpaired) electrons. The summed E-state index contributed by atoms with van der Waals surface area (Å²) in [5.41, 5.74) is 0.387. The number of carbonyl (C=O) groups excluding carboxylic acids is 1. The Morgan fingerprint density at radius 2 is 2.21 bits per heavy atom. The monoisotopic (exact) mass is 413 g/mol. The number of nitrogens with zero attached hydrogens (tertiary/aromatic N) is 2. The van der Waals surface area contributed by atoms with Crippen LogP contribution in [0.15, 0.2) is 33.8 Å². The Bertz CT molecular complexity index is 955. The Hall–Kier alpha value is -1.74. The molecular formula is C15H16BrN3O4S. The van der Waals surface area contributed by atoms with Gasteiger partial charge in [-0.3, -0.25) is 14.2 Å². The van der Waals surface area contributed by atoms with Crippen molar-refractivity contribution < 1.29 is 13.2 Å². The number of carbonyl (C=O) groups is 1. The van der Waals surface area contributed by atoms with Crippen molar-refractivity contribution in [2.24, 2.45) is 0 Å². The molecule has 1 N–H and O–H groups in total. The van der Waals surface area contributed by atoms with Crippen molar-refractivity contribution in [3.63, 3.8) is 0 Å². The number of sulfone groups is 1. The third-order valence-electron chi connectivity index (χ3n) is 3.96. The van der Waals surface area contributed by atoms with Crippen molar-refractivity contribution in [2.45, 2.75) is 25.4 Å². The molecule has 128 valence electrons. The fraction of sp³-hybridized carbons (Fsp3) is 0.400. The number of halogens is 1. The van der Waals surface area contributed by atoms with Crippen LogP contribution in [0.5, 0.6) is 0 Å². The molecule has 1 amide bonds.